The van der Waals surface area contributed by atoms with Gasteiger partial charge in [0.15, 0.2) is 0 Å². The van der Waals surface area contributed by atoms with Gasteiger partial charge in [0.25, 0.3) is 0 Å². The number of halogens is 1. The summed E-state index contributed by atoms with van der Waals surface area (Å²) in [5, 5.41) is 0. The molecular weight excluding hydrogens is 190 g/mol. The van der Waals surface area contributed by atoms with E-state index in [-0.39, 0.29) is 17.9 Å². The first kappa shape index (κ1) is 10.4. The fourth-order valence-electron chi connectivity index (χ4n) is 1.01. The Hall–Kier alpha value is -0.720. The van der Waals surface area contributed by atoms with Crippen LogP contribution < -0.4 is 0 Å². The predicted molar refractivity (Wildman–Crippen MR) is 50.2 cm³/mol. The lowest BCUT2D eigenvalue weighted by Crippen LogP contribution is -2.22. The van der Waals surface area contributed by atoms with Crippen LogP contribution in [-0.4, -0.2) is 36.4 Å². The molecular formula is C9H12ClNO2. The molecule has 1 atom stereocenters. The Morgan fingerprint density at radius 1 is 1.77 bits per heavy atom. The van der Waals surface area contributed by atoms with Crippen LogP contribution in [0.1, 0.15) is 12.8 Å². The van der Waals surface area contributed by atoms with Crippen LogP contribution in [-0.2, 0) is 9.53 Å². The molecule has 0 radical (unpaired) electrons. The maximum atomic E-state index is 11.0. The summed E-state index contributed by atoms with van der Waals surface area (Å²) < 4.78 is 5.27. The van der Waals surface area contributed by atoms with Crippen molar-refractivity contribution in [3.05, 3.63) is 0 Å². The minimum atomic E-state index is -0.188. The number of hydrogen-bond donors (Lipinski definition) is 0. The third kappa shape index (κ3) is 3.25. The largest absolute Gasteiger partial charge is 0.365 e. The normalized spacial score (nSPS) is 20.6. The Kier molecular flexibility index (Phi) is 4.07. The molecule has 1 heterocycles. The lowest BCUT2D eigenvalue weighted by atomic mass is 10.2. The summed E-state index contributed by atoms with van der Waals surface area (Å²) in [5.41, 5.74) is 0. The van der Waals surface area contributed by atoms with Gasteiger partial charge in [-0.2, -0.15) is 0 Å². The van der Waals surface area contributed by atoms with Gasteiger partial charge in [0.1, 0.15) is 12.0 Å². The standard InChI is InChI=1S/C9H12ClNO2/c1-11(9(12)7-10)5-4-8-3-2-6-13-8/h8H,2-3,6-7H2,1H3. The first-order valence-electron chi connectivity index (χ1n) is 4.19. The molecule has 13 heavy (non-hydrogen) atoms. The van der Waals surface area contributed by atoms with Gasteiger partial charge in [-0.1, -0.05) is 0 Å². The zero-order valence-corrected chi connectivity index (χ0v) is 8.30. The molecule has 0 aliphatic carbocycles. The molecule has 0 aromatic carbocycles. The van der Waals surface area contributed by atoms with Crippen molar-refractivity contribution in [3.8, 4) is 12.0 Å². The smallest absolute Gasteiger partial charge is 0.248 e. The quantitative estimate of drug-likeness (QED) is 0.357. The molecule has 4 heteroatoms. The van der Waals surface area contributed by atoms with Crippen LogP contribution in [0.25, 0.3) is 0 Å². The highest BCUT2D eigenvalue weighted by atomic mass is 35.5. The minimum absolute atomic E-state index is 0.00873. The van der Waals surface area contributed by atoms with Crippen molar-refractivity contribution in [2.45, 2.75) is 18.9 Å². The van der Waals surface area contributed by atoms with E-state index in [1.165, 1.54) is 4.90 Å². The van der Waals surface area contributed by atoms with Crippen LogP contribution in [0.4, 0.5) is 0 Å². The topological polar surface area (TPSA) is 29.5 Å². The molecule has 0 saturated carbocycles. The molecule has 72 valence electrons. The summed E-state index contributed by atoms with van der Waals surface area (Å²) in [6.07, 6.45) is 1.99. The zero-order valence-electron chi connectivity index (χ0n) is 7.55. The van der Waals surface area contributed by atoms with E-state index < -0.39 is 0 Å². The van der Waals surface area contributed by atoms with Gasteiger partial charge >= 0.3 is 0 Å². The van der Waals surface area contributed by atoms with Crippen molar-refractivity contribution >= 4 is 17.5 Å². The highest BCUT2D eigenvalue weighted by Crippen LogP contribution is 2.10. The number of carbonyl (C=O) groups is 1. The molecule has 0 aromatic rings. The minimum Gasteiger partial charge on any atom is -0.365 e. The maximum Gasteiger partial charge on any atom is 0.248 e. The molecule has 0 aromatic heterocycles. The third-order valence-corrected chi connectivity index (χ3v) is 2.04. The first-order chi connectivity index (χ1) is 6.24. The molecule has 0 N–H and O–H groups in total. The van der Waals surface area contributed by atoms with Gasteiger partial charge in [-0.05, 0) is 18.8 Å². The van der Waals surface area contributed by atoms with Gasteiger partial charge in [0, 0.05) is 19.7 Å². The molecule has 1 unspecified atom stereocenters. The number of hydrogen-bond acceptors (Lipinski definition) is 2. The third-order valence-electron chi connectivity index (χ3n) is 1.81. The Morgan fingerprint density at radius 2 is 2.54 bits per heavy atom. The Balaban J connectivity index is 2.40. The van der Waals surface area contributed by atoms with Crippen LogP contribution in [0.2, 0.25) is 0 Å². The monoisotopic (exact) mass is 201 g/mol. The van der Waals surface area contributed by atoms with Gasteiger partial charge in [0.05, 0.1) is 0 Å². The average molecular weight is 202 g/mol. The molecule has 1 rings (SSSR count). The van der Waals surface area contributed by atoms with Gasteiger partial charge < -0.3 is 4.74 Å². The highest BCUT2D eigenvalue weighted by Gasteiger charge is 2.12. The van der Waals surface area contributed by atoms with Gasteiger partial charge in [-0.25, -0.2) is 0 Å². The second kappa shape index (κ2) is 5.11. The van der Waals surface area contributed by atoms with Crippen LogP contribution in [0.15, 0.2) is 0 Å². The molecule has 3 nitrogen and oxygen atoms in total. The van der Waals surface area contributed by atoms with E-state index in [0.29, 0.717) is 0 Å². The van der Waals surface area contributed by atoms with Crippen LogP contribution >= 0.6 is 11.6 Å². The molecule has 1 amide bonds. The van der Waals surface area contributed by atoms with E-state index in [0.717, 1.165) is 19.4 Å². The second-order valence-electron chi connectivity index (χ2n) is 2.84. The predicted octanol–water partition coefficient (Wildman–Crippen LogP) is 0.823. The zero-order chi connectivity index (χ0) is 9.68. The molecule has 0 bridgehead atoms. The Labute approximate surface area is 83.0 Å². The number of nitrogens with zero attached hydrogens (tertiary/aromatic N) is 1. The molecule has 1 fully saturated rings. The summed E-state index contributed by atoms with van der Waals surface area (Å²) in [4.78, 5) is 12.3. The summed E-state index contributed by atoms with van der Waals surface area (Å²) in [5.74, 6) is 2.65. The van der Waals surface area contributed by atoms with Crippen molar-refractivity contribution in [3.63, 3.8) is 0 Å². The van der Waals surface area contributed by atoms with Crippen molar-refractivity contribution in [2.75, 3.05) is 19.5 Å². The number of alkyl halides is 1. The van der Waals surface area contributed by atoms with Crippen LogP contribution in [0.5, 0.6) is 0 Å². The van der Waals surface area contributed by atoms with E-state index in [1.807, 2.05) is 0 Å². The Bertz CT molecular complexity index is 238. The number of rotatable bonds is 1. The van der Waals surface area contributed by atoms with Gasteiger partial charge in [-0.15, -0.1) is 11.6 Å². The summed E-state index contributed by atoms with van der Waals surface area (Å²) in [6.45, 7) is 0.770. The average Bonchev–Trinajstić information content (AvgIpc) is 2.65. The molecule has 1 aliphatic heterocycles. The molecule has 1 aliphatic rings. The van der Waals surface area contributed by atoms with Gasteiger partial charge in [0.2, 0.25) is 5.91 Å². The molecule has 0 spiro atoms. The van der Waals surface area contributed by atoms with Crippen molar-refractivity contribution < 1.29 is 9.53 Å². The lowest BCUT2D eigenvalue weighted by molar-refractivity contribution is -0.124. The van der Waals surface area contributed by atoms with Crippen molar-refractivity contribution in [1.29, 1.82) is 0 Å². The summed E-state index contributed by atoms with van der Waals surface area (Å²) in [6, 6.07) is 2.70. The van der Waals surface area contributed by atoms with Gasteiger partial charge in [-0.3, -0.25) is 9.69 Å². The first-order valence-corrected chi connectivity index (χ1v) is 4.73. The van der Waals surface area contributed by atoms with Crippen molar-refractivity contribution in [2.24, 2.45) is 0 Å². The van der Waals surface area contributed by atoms with E-state index >= 15 is 0 Å². The number of ether oxygens (including phenoxy) is 1. The van der Waals surface area contributed by atoms with Crippen LogP contribution in [0.3, 0.4) is 0 Å². The highest BCUT2D eigenvalue weighted by molar-refractivity contribution is 6.27. The molecule has 1 saturated heterocycles. The number of carbonyl (C=O) groups excluding carboxylic acids is 1. The number of amides is 1. The van der Waals surface area contributed by atoms with E-state index in [4.69, 9.17) is 16.3 Å². The lowest BCUT2D eigenvalue weighted by Gasteiger charge is -2.06. The van der Waals surface area contributed by atoms with Crippen LogP contribution in [0, 0.1) is 12.0 Å². The summed E-state index contributed by atoms with van der Waals surface area (Å²) >= 11 is 5.35. The second-order valence-corrected chi connectivity index (χ2v) is 3.11. The summed E-state index contributed by atoms with van der Waals surface area (Å²) in [7, 11) is 1.60. The maximum absolute atomic E-state index is 11.0. The van der Waals surface area contributed by atoms with E-state index in [1.54, 1.807) is 7.05 Å². The fourth-order valence-corrected chi connectivity index (χ4v) is 1.19. The van der Waals surface area contributed by atoms with E-state index in [2.05, 4.69) is 12.0 Å². The van der Waals surface area contributed by atoms with Crippen molar-refractivity contribution in [1.82, 2.24) is 4.90 Å². The Morgan fingerprint density at radius 3 is 3.08 bits per heavy atom. The fraction of sp³-hybridized carbons (Fsp3) is 0.667. The SMILES string of the molecule is CN(C#CC1CCCO1)C(=O)CCl. The van der Waals surface area contributed by atoms with E-state index in [9.17, 15) is 4.79 Å².